The second-order valence-electron chi connectivity index (χ2n) is 8.66. The predicted octanol–water partition coefficient (Wildman–Crippen LogP) is 5.68. The Morgan fingerprint density at radius 1 is 1.22 bits per heavy atom. The Bertz CT molecular complexity index is 1160. The quantitative estimate of drug-likeness (QED) is 0.488. The molecule has 1 aromatic heterocycles. The highest BCUT2D eigenvalue weighted by atomic mass is 19.1. The molecule has 0 saturated carbocycles. The molecule has 4 rings (SSSR count). The Morgan fingerprint density at radius 3 is 2.59 bits per heavy atom. The van der Waals surface area contributed by atoms with Crippen molar-refractivity contribution in [2.45, 2.75) is 46.0 Å². The Morgan fingerprint density at radius 2 is 1.91 bits per heavy atom. The normalized spacial score (nSPS) is 15.8. The number of amides is 1. The summed E-state index contributed by atoms with van der Waals surface area (Å²) in [5.41, 5.74) is 5.01. The number of likely N-dealkylation sites (tertiary alicyclic amines) is 1. The fourth-order valence-corrected chi connectivity index (χ4v) is 4.46. The maximum Gasteiger partial charge on any atom is 0.271 e. The fourth-order valence-electron chi connectivity index (χ4n) is 4.46. The molecule has 2 N–H and O–H groups in total. The largest absolute Gasteiger partial charge is 0.493 e. The van der Waals surface area contributed by atoms with Gasteiger partial charge in [-0.1, -0.05) is 18.2 Å². The van der Waals surface area contributed by atoms with Crippen LogP contribution in [0.4, 0.5) is 10.1 Å². The number of rotatable bonds is 6. The van der Waals surface area contributed by atoms with Crippen molar-refractivity contribution in [3.05, 3.63) is 58.4 Å². The third kappa shape index (κ3) is 4.43. The number of aromatic amines is 1. The van der Waals surface area contributed by atoms with Crippen molar-refractivity contribution in [2.24, 2.45) is 10.2 Å². The van der Waals surface area contributed by atoms with Gasteiger partial charge in [-0.25, -0.2) is 4.39 Å². The molecule has 32 heavy (non-hydrogen) atoms. The Balaban J connectivity index is 1.61. The highest BCUT2D eigenvalue weighted by molar-refractivity contribution is 5.99. The summed E-state index contributed by atoms with van der Waals surface area (Å²) in [6, 6.07) is 7.93. The van der Waals surface area contributed by atoms with E-state index in [2.05, 4.69) is 26.2 Å². The van der Waals surface area contributed by atoms with Crippen LogP contribution in [0.1, 0.15) is 47.9 Å². The molecule has 1 fully saturated rings. The van der Waals surface area contributed by atoms with E-state index >= 15 is 0 Å². The number of aromatic nitrogens is 1. The lowest BCUT2D eigenvalue weighted by atomic mass is 9.97. The highest BCUT2D eigenvalue weighted by Gasteiger charge is 2.20. The monoisotopic (exact) mass is 436 g/mol. The summed E-state index contributed by atoms with van der Waals surface area (Å²) in [4.78, 5) is 18.1. The number of halogens is 1. The van der Waals surface area contributed by atoms with Gasteiger partial charge in [-0.2, -0.15) is 0 Å². The maximum atomic E-state index is 13.2. The molecule has 168 valence electrons. The van der Waals surface area contributed by atoms with E-state index in [1.54, 1.807) is 19.1 Å². The highest BCUT2D eigenvalue weighted by Crippen LogP contribution is 2.40. The van der Waals surface area contributed by atoms with Crippen LogP contribution >= 0.6 is 0 Å². The molecule has 1 aliphatic heterocycles. The van der Waals surface area contributed by atoms with Gasteiger partial charge >= 0.3 is 0 Å². The first kappa shape index (κ1) is 22.1. The summed E-state index contributed by atoms with van der Waals surface area (Å²) in [5, 5.41) is 19.3. The molecule has 2 heterocycles. The number of aryl methyl sites for hydroxylation is 2. The summed E-state index contributed by atoms with van der Waals surface area (Å²) in [6.45, 7) is 9.04. The Labute approximate surface area is 187 Å². The number of aromatic hydroxyl groups is 1. The molecule has 6 nitrogen and oxygen atoms in total. The van der Waals surface area contributed by atoms with Gasteiger partial charge in [0, 0.05) is 11.9 Å². The van der Waals surface area contributed by atoms with Crippen LogP contribution in [-0.4, -0.2) is 40.5 Å². The minimum Gasteiger partial charge on any atom is -0.493 e. The van der Waals surface area contributed by atoms with E-state index in [4.69, 9.17) is 0 Å². The van der Waals surface area contributed by atoms with Crippen LogP contribution in [-0.2, 0) is 11.2 Å². The van der Waals surface area contributed by atoms with Crippen molar-refractivity contribution in [3.63, 3.8) is 0 Å². The average Bonchev–Trinajstić information content (AvgIpc) is 3.41. The van der Waals surface area contributed by atoms with Crippen LogP contribution in [0.25, 0.3) is 10.9 Å². The van der Waals surface area contributed by atoms with Gasteiger partial charge in [0.15, 0.2) is 5.69 Å². The number of nitrogens with one attached hydrogen (secondary N) is 1. The molecule has 1 atom stereocenters. The minimum absolute atomic E-state index is 0.103. The van der Waals surface area contributed by atoms with Crippen LogP contribution in [0, 0.1) is 19.7 Å². The molecular formula is C25H29FN4O2. The van der Waals surface area contributed by atoms with Crippen molar-refractivity contribution in [3.8, 4) is 5.88 Å². The van der Waals surface area contributed by atoms with Crippen LogP contribution in [0.3, 0.4) is 0 Å². The fraction of sp³-hybridized carbons (Fsp3) is 0.400. The third-order valence-corrected chi connectivity index (χ3v) is 6.48. The van der Waals surface area contributed by atoms with Gasteiger partial charge in [0.25, 0.3) is 5.91 Å². The molecule has 1 aliphatic rings. The summed E-state index contributed by atoms with van der Waals surface area (Å²) in [6.07, 6.45) is 3.45. The molecule has 1 amide bonds. The number of carbonyl (C=O) groups excluding carboxylic acids is 1. The van der Waals surface area contributed by atoms with E-state index in [1.165, 1.54) is 30.5 Å². The molecule has 0 radical (unpaired) electrons. The second kappa shape index (κ2) is 9.20. The lowest BCUT2D eigenvalue weighted by Crippen LogP contribution is -2.22. The first-order valence-electron chi connectivity index (χ1n) is 11.1. The summed E-state index contributed by atoms with van der Waals surface area (Å²) >= 11 is 0. The molecule has 3 aromatic rings. The van der Waals surface area contributed by atoms with E-state index in [-0.39, 0.29) is 17.4 Å². The van der Waals surface area contributed by atoms with Crippen LogP contribution in [0.15, 0.2) is 40.6 Å². The number of nitrogens with zero attached hydrogens (tertiary/aromatic N) is 3. The minimum atomic E-state index is -0.564. The first-order chi connectivity index (χ1) is 15.3. The van der Waals surface area contributed by atoms with E-state index in [9.17, 15) is 14.3 Å². The summed E-state index contributed by atoms with van der Waals surface area (Å²) in [5.74, 6) is -1.48. The standard InChI is InChI=1S/C25H29FN4O2/c1-15-14-19(10-13-30-11-4-5-12-30)16(2)21-22(15)27-25(32)23(21)28-29-24(31)17(3)18-6-8-20(26)9-7-18/h6-9,14,17,27,32H,4-5,10-13H2,1-3H3. The zero-order valence-electron chi connectivity index (χ0n) is 18.8. The van der Waals surface area contributed by atoms with Crippen LogP contribution < -0.4 is 0 Å². The zero-order valence-corrected chi connectivity index (χ0v) is 18.8. The third-order valence-electron chi connectivity index (χ3n) is 6.48. The molecule has 7 heteroatoms. The molecule has 0 bridgehead atoms. The molecule has 1 saturated heterocycles. The topological polar surface area (TPSA) is 81.1 Å². The lowest BCUT2D eigenvalue weighted by molar-refractivity contribution is -0.119. The van der Waals surface area contributed by atoms with Gasteiger partial charge in [-0.15, -0.1) is 10.2 Å². The predicted molar refractivity (Wildman–Crippen MR) is 123 cm³/mol. The van der Waals surface area contributed by atoms with E-state index in [0.717, 1.165) is 48.1 Å². The lowest BCUT2D eigenvalue weighted by Gasteiger charge is -2.16. The van der Waals surface area contributed by atoms with E-state index in [0.29, 0.717) is 5.56 Å². The number of fused-ring (bicyclic) bond motifs is 1. The number of hydrogen-bond acceptors (Lipinski definition) is 4. The van der Waals surface area contributed by atoms with Crippen molar-refractivity contribution in [1.29, 1.82) is 0 Å². The number of carbonyl (C=O) groups is 1. The van der Waals surface area contributed by atoms with Gasteiger partial charge < -0.3 is 15.0 Å². The molecule has 2 aromatic carbocycles. The molecular weight excluding hydrogens is 407 g/mol. The number of benzene rings is 2. The van der Waals surface area contributed by atoms with E-state index in [1.807, 2.05) is 13.8 Å². The van der Waals surface area contributed by atoms with Crippen molar-refractivity contribution >= 4 is 22.5 Å². The van der Waals surface area contributed by atoms with Gasteiger partial charge in [0.2, 0.25) is 5.88 Å². The smallest absolute Gasteiger partial charge is 0.271 e. The second-order valence-corrected chi connectivity index (χ2v) is 8.66. The van der Waals surface area contributed by atoms with E-state index < -0.39 is 11.8 Å². The van der Waals surface area contributed by atoms with Gasteiger partial charge in [-0.3, -0.25) is 4.79 Å². The van der Waals surface area contributed by atoms with Gasteiger partial charge in [0.05, 0.1) is 11.4 Å². The van der Waals surface area contributed by atoms with Gasteiger partial charge in [-0.05, 0) is 87.5 Å². The summed E-state index contributed by atoms with van der Waals surface area (Å²) < 4.78 is 13.2. The maximum absolute atomic E-state index is 13.2. The average molecular weight is 437 g/mol. The van der Waals surface area contributed by atoms with Crippen molar-refractivity contribution < 1.29 is 14.3 Å². The Hall–Kier alpha value is -3.06. The molecule has 1 unspecified atom stereocenters. The molecule has 0 aliphatic carbocycles. The SMILES string of the molecule is Cc1cc(CCN2CCCC2)c(C)c2c(N=NC(=O)C(C)c3ccc(F)cc3)c(O)[nH]c12. The van der Waals surface area contributed by atoms with Crippen LogP contribution in [0.5, 0.6) is 5.88 Å². The summed E-state index contributed by atoms with van der Waals surface area (Å²) in [7, 11) is 0. The molecule has 0 spiro atoms. The van der Waals surface area contributed by atoms with Crippen molar-refractivity contribution in [2.75, 3.05) is 19.6 Å². The Kier molecular flexibility index (Phi) is 6.37. The van der Waals surface area contributed by atoms with Gasteiger partial charge in [0.1, 0.15) is 5.82 Å². The van der Waals surface area contributed by atoms with Crippen LogP contribution in [0.2, 0.25) is 0 Å². The number of hydrogen-bond donors (Lipinski definition) is 2. The van der Waals surface area contributed by atoms with Crippen molar-refractivity contribution in [1.82, 2.24) is 9.88 Å². The zero-order chi connectivity index (χ0) is 22.8. The number of H-pyrrole nitrogens is 1. The first-order valence-corrected chi connectivity index (χ1v) is 11.1. The number of azo groups is 1.